The van der Waals surface area contributed by atoms with Gasteiger partial charge < -0.3 is 5.32 Å². The van der Waals surface area contributed by atoms with Crippen molar-refractivity contribution in [1.29, 1.82) is 0 Å². The van der Waals surface area contributed by atoms with Crippen molar-refractivity contribution in [1.82, 2.24) is 5.32 Å². The first-order valence-corrected chi connectivity index (χ1v) is 7.81. The van der Waals surface area contributed by atoms with E-state index in [9.17, 15) is 4.39 Å². The van der Waals surface area contributed by atoms with Crippen LogP contribution in [0.3, 0.4) is 0 Å². The molecule has 0 aliphatic carbocycles. The van der Waals surface area contributed by atoms with E-state index in [-0.39, 0.29) is 11.2 Å². The van der Waals surface area contributed by atoms with Gasteiger partial charge in [-0.15, -0.1) is 0 Å². The second-order valence-electron chi connectivity index (χ2n) is 6.10. The number of hydrogen-bond acceptors (Lipinski definition) is 1. The largest absolute Gasteiger partial charge is 0.314 e. The molecule has 1 aromatic rings. The highest BCUT2D eigenvalue weighted by molar-refractivity contribution is 9.10. The molecule has 0 fully saturated rings. The monoisotopic (exact) mass is 329 g/mol. The van der Waals surface area contributed by atoms with Crippen LogP contribution >= 0.6 is 15.9 Å². The molecule has 0 radical (unpaired) electrons. The van der Waals surface area contributed by atoms with Crippen molar-refractivity contribution in [3.05, 3.63) is 34.1 Å². The zero-order valence-electron chi connectivity index (χ0n) is 12.4. The van der Waals surface area contributed by atoms with E-state index < -0.39 is 0 Å². The van der Waals surface area contributed by atoms with Gasteiger partial charge in [0.15, 0.2) is 0 Å². The standard InChI is InChI=1S/C16H25BrFN/c1-5-19-15(16(2,3)4)8-6-7-12-11-13(18)9-10-14(12)17/h9-11,15,19H,5-8H2,1-4H3. The fourth-order valence-corrected chi connectivity index (χ4v) is 2.76. The van der Waals surface area contributed by atoms with E-state index in [1.165, 1.54) is 6.07 Å². The lowest BCUT2D eigenvalue weighted by Gasteiger charge is -2.31. The predicted molar refractivity (Wildman–Crippen MR) is 84.0 cm³/mol. The molecule has 108 valence electrons. The molecule has 1 N–H and O–H groups in total. The van der Waals surface area contributed by atoms with E-state index in [1.807, 2.05) is 0 Å². The highest BCUT2D eigenvalue weighted by Gasteiger charge is 2.22. The maximum Gasteiger partial charge on any atom is 0.123 e. The maximum absolute atomic E-state index is 13.2. The average Bonchev–Trinajstić information content (AvgIpc) is 2.31. The van der Waals surface area contributed by atoms with Gasteiger partial charge in [-0.1, -0.05) is 43.6 Å². The Kier molecular flexibility index (Phi) is 6.48. The first-order chi connectivity index (χ1) is 8.84. The third kappa shape index (κ3) is 5.62. The molecule has 1 rings (SSSR count). The summed E-state index contributed by atoms with van der Waals surface area (Å²) in [6, 6.07) is 5.41. The Labute approximate surface area is 125 Å². The lowest BCUT2D eigenvalue weighted by atomic mass is 9.83. The van der Waals surface area contributed by atoms with Gasteiger partial charge in [-0.3, -0.25) is 0 Å². The van der Waals surface area contributed by atoms with Gasteiger partial charge in [0.05, 0.1) is 0 Å². The van der Waals surface area contributed by atoms with Gasteiger partial charge in [0.1, 0.15) is 5.82 Å². The second kappa shape index (κ2) is 7.39. The first-order valence-electron chi connectivity index (χ1n) is 7.02. The van der Waals surface area contributed by atoms with E-state index in [2.05, 4.69) is 48.9 Å². The number of halogens is 2. The summed E-state index contributed by atoms with van der Waals surface area (Å²) < 4.78 is 14.2. The molecule has 3 heteroatoms. The minimum absolute atomic E-state index is 0.155. The number of rotatable bonds is 6. The predicted octanol–water partition coefficient (Wildman–Crippen LogP) is 4.94. The van der Waals surface area contributed by atoms with Gasteiger partial charge >= 0.3 is 0 Å². The molecule has 1 unspecified atom stereocenters. The molecule has 0 heterocycles. The normalized spacial score (nSPS) is 13.6. The molecule has 0 bridgehead atoms. The van der Waals surface area contributed by atoms with Crippen molar-refractivity contribution in [2.45, 2.75) is 53.0 Å². The number of benzene rings is 1. The van der Waals surface area contributed by atoms with Crippen LogP contribution in [0.4, 0.5) is 4.39 Å². The van der Waals surface area contributed by atoms with Crippen molar-refractivity contribution in [3.8, 4) is 0 Å². The summed E-state index contributed by atoms with van der Waals surface area (Å²) >= 11 is 3.49. The molecule has 0 aliphatic rings. The van der Waals surface area contributed by atoms with Crippen LogP contribution in [0.25, 0.3) is 0 Å². The quantitative estimate of drug-likeness (QED) is 0.779. The van der Waals surface area contributed by atoms with Crippen molar-refractivity contribution in [2.75, 3.05) is 6.54 Å². The van der Waals surface area contributed by atoms with Gasteiger partial charge in [-0.2, -0.15) is 0 Å². The molecule has 0 spiro atoms. The van der Waals surface area contributed by atoms with Crippen molar-refractivity contribution in [2.24, 2.45) is 5.41 Å². The fourth-order valence-electron chi connectivity index (χ4n) is 2.32. The van der Waals surface area contributed by atoms with Crippen LogP contribution < -0.4 is 5.32 Å². The molecule has 0 aliphatic heterocycles. The van der Waals surface area contributed by atoms with E-state index in [0.717, 1.165) is 35.8 Å². The van der Waals surface area contributed by atoms with Crippen LogP contribution in [0.5, 0.6) is 0 Å². The number of nitrogens with one attached hydrogen (secondary N) is 1. The Balaban J connectivity index is 2.54. The molecular formula is C16H25BrFN. The summed E-state index contributed by atoms with van der Waals surface area (Å²) in [5.41, 5.74) is 1.32. The molecule has 19 heavy (non-hydrogen) atoms. The minimum Gasteiger partial charge on any atom is -0.314 e. The molecule has 1 aromatic carbocycles. The van der Waals surface area contributed by atoms with E-state index >= 15 is 0 Å². The lowest BCUT2D eigenvalue weighted by Crippen LogP contribution is -2.40. The third-order valence-corrected chi connectivity index (χ3v) is 4.22. The van der Waals surface area contributed by atoms with Crippen molar-refractivity contribution >= 4 is 15.9 Å². The van der Waals surface area contributed by atoms with Crippen LogP contribution in [-0.2, 0) is 6.42 Å². The SMILES string of the molecule is CCNC(CCCc1cc(F)ccc1Br)C(C)(C)C. The molecule has 0 amide bonds. The highest BCUT2D eigenvalue weighted by Crippen LogP contribution is 2.25. The molecule has 0 saturated carbocycles. The Hall–Kier alpha value is -0.410. The fraction of sp³-hybridized carbons (Fsp3) is 0.625. The number of aryl methyl sites for hydroxylation is 1. The smallest absolute Gasteiger partial charge is 0.123 e. The summed E-state index contributed by atoms with van der Waals surface area (Å²) in [5, 5.41) is 3.55. The average molecular weight is 330 g/mol. The van der Waals surface area contributed by atoms with Gasteiger partial charge in [0.2, 0.25) is 0 Å². The summed E-state index contributed by atoms with van der Waals surface area (Å²) in [5.74, 6) is -0.155. The first kappa shape index (κ1) is 16.6. The van der Waals surface area contributed by atoms with Gasteiger partial charge in [-0.25, -0.2) is 4.39 Å². The zero-order chi connectivity index (χ0) is 14.5. The van der Waals surface area contributed by atoms with E-state index in [0.29, 0.717) is 6.04 Å². The lowest BCUT2D eigenvalue weighted by molar-refractivity contribution is 0.254. The van der Waals surface area contributed by atoms with E-state index in [1.54, 1.807) is 12.1 Å². The van der Waals surface area contributed by atoms with Crippen molar-refractivity contribution in [3.63, 3.8) is 0 Å². The Morgan fingerprint density at radius 1 is 1.32 bits per heavy atom. The van der Waals surface area contributed by atoms with Crippen LogP contribution in [0.1, 0.15) is 46.1 Å². The van der Waals surface area contributed by atoms with Crippen LogP contribution in [0.2, 0.25) is 0 Å². The highest BCUT2D eigenvalue weighted by atomic mass is 79.9. The number of hydrogen-bond donors (Lipinski definition) is 1. The van der Waals surface area contributed by atoms with Crippen LogP contribution in [0.15, 0.2) is 22.7 Å². The Morgan fingerprint density at radius 2 is 2.00 bits per heavy atom. The van der Waals surface area contributed by atoms with Crippen LogP contribution in [0, 0.1) is 11.2 Å². The molecule has 0 saturated heterocycles. The van der Waals surface area contributed by atoms with Gasteiger partial charge in [-0.05, 0) is 55.0 Å². The van der Waals surface area contributed by atoms with Gasteiger partial charge in [0.25, 0.3) is 0 Å². The second-order valence-corrected chi connectivity index (χ2v) is 6.96. The summed E-state index contributed by atoms with van der Waals surface area (Å²) in [7, 11) is 0. The summed E-state index contributed by atoms with van der Waals surface area (Å²) in [4.78, 5) is 0. The Bertz CT molecular complexity index is 398. The van der Waals surface area contributed by atoms with E-state index in [4.69, 9.17) is 0 Å². The van der Waals surface area contributed by atoms with Crippen molar-refractivity contribution < 1.29 is 4.39 Å². The minimum atomic E-state index is -0.155. The summed E-state index contributed by atoms with van der Waals surface area (Å²) in [6.07, 6.45) is 3.09. The topological polar surface area (TPSA) is 12.0 Å². The maximum atomic E-state index is 13.2. The summed E-state index contributed by atoms with van der Waals surface area (Å²) in [6.45, 7) is 9.92. The Morgan fingerprint density at radius 3 is 2.58 bits per heavy atom. The third-order valence-electron chi connectivity index (χ3n) is 3.44. The van der Waals surface area contributed by atoms with Gasteiger partial charge in [0, 0.05) is 10.5 Å². The molecule has 1 atom stereocenters. The molecule has 0 aromatic heterocycles. The molecular weight excluding hydrogens is 305 g/mol. The van der Waals surface area contributed by atoms with Crippen LogP contribution in [-0.4, -0.2) is 12.6 Å². The zero-order valence-corrected chi connectivity index (χ0v) is 14.0. The molecule has 1 nitrogen and oxygen atoms in total.